The van der Waals surface area contributed by atoms with Gasteiger partial charge in [-0.15, -0.1) is 0 Å². The minimum atomic E-state index is -0.358. The van der Waals surface area contributed by atoms with Crippen LogP contribution in [0.5, 0.6) is 0 Å². The number of carbonyl (C=O) groups excluding carboxylic acids is 1. The van der Waals surface area contributed by atoms with Gasteiger partial charge in [0.2, 0.25) is 0 Å². The van der Waals surface area contributed by atoms with Gasteiger partial charge in [-0.25, -0.2) is 10.2 Å². The van der Waals surface area contributed by atoms with Crippen molar-refractivity contribution in [3.8, 4) is 0 Å². The van der Waals surface area contributed by atoms with Crippen LogP contribution >= 0.6 is 0 Å². The van der Waals surface area contributed by atoms with E-state index < -0.39 is 0 Å². The number of amides is 2. The van der Waals surface area contributed by atoms with Crippen LogP contribution in [0.1, 0.15) is 32.3 Å². The van der Waals surface area contributed by atoms with Crippen LogP contribution in [0.2, 0.25) is 0 Å². The van der Waals surface area contributed by atoms with Crippen molar-refractivity contribution in [1.29, 1.82) is 0 Å². The monoisotopic (exact) mass is 473 g/mol. The second-order valence-electron chi connectivity index (χ2n) is 8.60. The number of para-hydroxylation sites is 1. The maximum Gasteiger partial charge on any atom is 0.339 e. The number of allylic oxidation sites excluding steroid dienone is 2. The van der Waals surface area contributed by atoms with Gasteiger partial charge in [-0.2, -0.15) is 5.10 Å². The first-order chi connectivity index (χ1) is 17.2. The average Bonchev–Trinajstić information content (AvgIpc) is 3.29. The van der Waals surface area contributed by atoms with E-state index in [-0.39, 0.29) is 6.03 Å². The Hall–Kier alpha value is -3.58. The fraction of sp³-hybridized carbons (Fsp3) is 0.357. The largest absolute Gasteiger partial charge is 0.378 e. The third-order valence-corrected chi connectivity index (χ3v) is 6.38. The molecule has 0 radical (unpaired) electrons. The number of morpholine rings is 1. The van der Waals surface area contributed by atoms with Gasteiger partial charge >= 0.3 is 6.03 Å². The number of nitrogens with zero attached hydrogens (tertiary/aromatic N) is 3. The Labute approximate surface area is 208 Å². The molecule has 2 aromatic rings. The topological polar surface area (TPSA) is 69.2 Å². The Morgan fingerprint density at radius 3 is 2.43 bits per heavy atom. The van der Waals surface area contributed by atoms with Crippen molar-refractivity contribution in [2.75, 3.05) is 49.6 Å². The molecule has 184 valence electrons. The summed E-state index contributed by atoms with van der Waals surface area (Å²) in [5.74, 6) is 0. The number of benzene rings is 2. The van der Waals surface area contributed by atoms with Crippen molar-refractivity contribution in [2.45, 2.75) is 26.7 Å². The predicted octanol–water partition coefficient (Wildman–Crippen LogP) is 5.10. The van der Waals surface area contributed by atoms with E-state index in [9.17, 15) is 4.79 Å². The molecule has 35 heavy (non-hydrogen) atoms. The molecular weight excluding hydrogens is 438 g/mol. The molecule has 2 aliphatic rings. The van der Waals surface area contributed by atoms with E-state index in [1.54, 1.807) is 6.21 Å². The minimum Gasteiger partial charge on any atom is -0.378 e. The highest BCUT2D eigenvalue weighted by atomic mass is 16.5. The van der Waals surface area contributed by atoms with Gasteiger partial charge in [0, 0.05) is 43.3 Å². The second kappa shape index (κ2) is 12.2. The molecule has 0 saturated carbocycles. The summed E-state index contributed by atoms with van der Waals surface area (Å²) in [6, 6.07) is 17.8. The number of hydrogen-bond donors (Lipinski definition) is 2. The van der Waals surface area contributed by atoms with Crippen LogP contribution in [0.4, 0.5) is 16.2 Å². The van der Waals surface area contributed by atoms with E-state index in [0.29, 0.717) is 0 Å². The Morgan fingerprint density at radius 2 is 1.74 bits per heavy atom. The van der Waals surface area contributed by atoms with E-state index in [4.69, 9.17) is 4.74 Å². The van der Waals surface area contributed by atoms with Crippen LogP contribution in [0.15, 0.2) is 76.5 Å². The number of hydrazone groups is 1. The standard InChI is InChI=1S/C28H35N5O2/c1-3-32(4-2)26-14-10-22(11-15-26)20-23-12-13-24(27(23)33-16-18-35-19-17-33)21-29-31-28(34)30-25-8-6-5-7-9-25/h5-11,14-15,20-21H,3-4,12-13,16-19H2,1-2H3,(H2,30,31,34)/b23-20+,29-21-. The van der Waals surface area contributed by atoms with Gasteiger partial charge < -0.3 is 19.9 Å². The normalized spacial score (nSPS) is 17.3. The number of nitrogens with one attached hydrogen (secondary N) is 2. The van der Waals surface area contributed by atoms with Crippen LogP contribution in [0.3, 0.4) is 0 Å². The summed E-state index contributed by atoms with van der Waals surface area (Å²) in [6.07, 6.45) is 5.91. The smallest absolute Gasteiger partial charge is 0.339 e. The maximum atomic E-state index is 12.2. The third-order valence-electron chi connectivity index (χ3n) is 6.38. The van der Waals surface area contributed by atoms with Crippen molar-refractivity contribution in [3.05, 3.63) is 77.0 Å². The maximum absolute atomic E-state index is 12.2. The highest BCUT2D eigenvalue weighted by Crippen LogP contribution is 2.35. The first-order valence-electron chi connectivity index (χ1n) is 12.4. The molecule has 7 nitrogen and oxygen atoms in total. The zero-order valence-corrected chi connectivity index (χ0v) is 20.7. The van der Waals surface area contributed by atoms with Crippen LogP contribution in [0, 0.1) is 0 Å². The molecule has 7 heteroatoms. The summed E-state index contributed by atoms with van der Waals surface area (Å²) < 4.78 is 5.59. The van der Waals surface area contributed by atoms with Crippen molar-refractivity contribution < 1.29 is 9.53 Å². The van der Waals surface area contributed by atoms with Crippen LogP contribution in [0.25, 0.3) is 6.08 Å². The van der Waals surface area contributed by atoms with Crippen LogP contribution < -0.4 is 15.6 Å². The Bertz CT molecular complexity index is 1070. The van der Waals surface area contributed by atoms with Crippen LogP contribution in [-0.2, 0) is 4.74 Å². The highest BCUT2D eigenvalue weighted by Gasteiger charge is 2.25. The van der Waals surface area contributed by atoms with Crippen molar-refractivity contribution in [1.82, 2.24) is 10.3 Å². The SMILES string of the molecule is CCN(CC)c1ccc(/C=C2\CCC(/C=N\NC(=O)Nc3ccccc3)=C2N2CCOCC2)cc1. The lowest BCUT2D eigenvalue weighted by molar-refractivity contribution is 0.0548. The van der Waals surface area contributed by atoms with Gasteiger partial charge in [0.05, 0.1) is 19.4 Å². The molecule has 2 N–H and O–H groups in total. The third kappa shape index (κ3) is 6.51. The molecular formula is C28H35N5O2. The Kier molecular flexibility index (Phi) is 8.57. The minimum absolute atomic E-state index is 0.358. The van der Waals surface area contributed by atoms with E-state index in [1.165, 1.54) is 22.5 Å². The summed E-state index contributed by atoms with van der Waals surface area (Å²) in [6.45, 7) is 9.51. The number of ether oxygens (including phenoxy) is 1. The van der Waals surface area contributed by atoms with Gasteiger partial charge in [-0.05, 0) is 73.7 Å². The molecule has 1 aliphatic heterocycles. The molecule has 2 amide bonds. The van der Waals surface area contributed by atoms with Gasteiger partial charge in [-0.1, -0.05) is 30.3 Å². The molecule has 1 aliphatic carbocycles. The molecule has 1 saturated heterocycles. The van der Waals surface area contributed by atoms with E-state index >= 15 is 0 Å². The molecule has 0 unspecified atom stereocenters. The number of hydrogen-bond acceptors (Lipinski definition) is 5. The first kappa shape index (κ1) is 24.5. The lowest BCUT2D eigenvalue weighted by Gasteiger charge is -2.31. The van der Waals surface area contributed by atoms with Gasteiger partial charge in [0.15, 0.2) is 0 Å². The fourth-order valence-electron chi connectivity index (χ4n) is 4.59. The lowest BCUT2D eigenvalue weighted by Crippen LogP contribution is -2.36. The fourth-order valence-corrected chi connectivity index (χ4v) is 4.59. The quantitative estimate of drug-likeness (QED) is 0.413. The van der Waals surface area contributed by atoms with E-state index in [2.05, 4.69) is 69.8 Å². The first-order valence-corrected chi connectivity index (χ1v) is 12.4. The Morgan fingerprint density at radius 1 is 1.03 bits per heavy atom. The molecule has 0 spiro atoms. The average molecular weight is 474 g/mol. The number of carbonyl (C=O) groups is 1. The Balaban J connectivity index is 1.51. The zero-order valence-electron chi connectivity index (χ0n) is 20.7. The molecule has 0 bridgehead atoms. The molecule has 1 heterocycles. The summed E-state index contributed by atoms with van der Waals surface area (Å²) in [5, 5.41) is 7.03. The summed E-state index contributed by atoms with van der Waals surface area (Å²) in [7, 11) is 0. The van der Waals surface area contributed by atoms with Crippen LogP contribution in [-0.4, -0.2) is 56.5 Å². The molecule has 0 atom stereocenters. The number of urea groups is 1. The molecule has 4 rings (SSSR count). The van der Waals surface area contributed by atoms with E-state index in [0.717, 1.165) is 63.5 Å². The molecule has 2 aromatic carbocycles. The van der Waals surface area contributed by atoms with Crippen molar-refractivity contribution >= 4 is 29.7 Å². The summed E-state index contributed by atoms with van der Waals surface area (Å²) in [5.41, 5.74) is 9.42. The summed E-state index contributed by atoms with van der Waals surface area (Å²) in [4.78, 5) is 16.9. The zero-order chi connectivity index (χ0) is 24.5. The van der Waals surface area contributed by atoms with Gasteiger partial charge in [0.1, 0.15) is 0 Å². The molecule has 0 aromatic heterocycles. The number of anilines is 2. The van der Waals surface area contributed by atoms with Crippen molar-refractivity contribution in [2.24, 2.45) is 5.10 Å². The second-order valence-corrected chi connectivity index (χ2v) is 8.60. The van der Waals surface area contributed by atoms with E-state index in [1.807, 2.05) is 30.3 Å². The van der Waals surface area contributed by atoms with Crippen molar-refractivity contribution in [3.63, 3.8) is 0 Å². The number of rotatable bonds is 8. The van der Waals surface area contributed by atoms with Gasteiger partial charge in [-0.3, -0.25) is 0 Å². The highest BCUT2D eigenvalue weighted by molar-refractivity contribution is 5.90. The summed E-state index contributed by atoms with van der Waals surface area (Å²) >= 11 is 0. The predicted molar refractivity (Wildman–Crippen MR) is 144 cm³/mol. The van der Waals surface area contributed by atoms with Gasteiger partial charge in [0.25, 0.3) is 0 Å². The lowest BCUT2D eigenvalue weighted by atomic mass is 10.1. The molecule has 1 fully saturated rings.